The number of hydrogen-bond donors (Lipinski definition) is 1. The Balaban J connectivity index is 2.29. The lowest BCUT2D eigenvalue weighted by atomic mass is 9.93. The maximum atomic E-state index is 13.6. The van der Waals surface area contributed by atoms with E-state index in [9.17, 15) is 18.3 Å². The van der Waals surface area contributed by atoms with Gasteiger partial charge >= 0.3 is 0 Å². The molecule has 1 aromatic heterocycles. The number of carboxylic acid groups (broad SMARTS) is 1. The second-order valence-corrected chi connectivity index (χ2v) is 9.10. The number of carbonyl (C=O) groups is 1. The Bertz CT molecular complexity index is 1160. The van der Waals surface area contributed by atoms with E-state index >= 15 is 0 Å². The Morgan fingerprint density at radius 1 is 1.11 bits per heavy atom. The summed E-state index contributed by atoms with van der Waals surface area (Å²) in [4.78, 5) is 11.6. The smallest absolute Gasteiger partial charge is 0.268 e. The van der Waals surface area contributed by atoms with Gasteiger partial charge in [-0.1, -0.05) is 42.8 Å². The minimum absolute atomic E-state index is 0.268. The third-order valence-corrected chi connectivity index (χ3v) is 7.21. The molecule has 0 spiro atoms. The molecule has 3 aromatic rings. The number of hydrogen-bond acceptors (Lipinski definition) is 4. The predicted molar refractivity (Wildman–Crippen MR) is 105 cm³/mol. The molecule has 0 amide bonds. The van der Waals surface area contributed by atoms with Crippen molar-refractivity contribution >= 4 is 26.9 Å². The first-order valence-corrected chi connectivity index (χ1v) is 10.5. The zero-order chi connectivity index (χ0) is 20.8. The molecule has 3 rings (SSSR count). The quantitative estimate of drug-likeness (QED) is 0.696. The Kier molecular flexibility index (Phi) is 5.08. The van der Waals surface area contributed by atoms with Crippen molar-refractivity contribution in [1.29, 1.82) is 0 Å². The molecule has 1 heterocycles. The highest BCUT2D eigenvalue weighted by Gasteiger charge is 2.28. The first kappa shape index (κ1) is 20.1. The zero-order valence-electron chi connectivity index (χ0n) is 16.4. The molecule has 0 aliphatic heterocycles. The zero-order valence-corrected chi connectivity index (χ0v) is 17.2. The molecule has 0 unspecified atom stereocenters. The highest BCUT2D eigenvalue weighted by atomic mass is 32.2. The molecular formula is C21H24N2O4S. The van der Waals surface area contributed by atoms with E-state index in [4.69, 9.17) is 0 Å². The van der Waals surface area contributed by atoms with E-state index in [1.165, 1.54) is 10.2 Å². The van der Waals surface area contributed by atoms with Crippen molar-refractivity contribution in [3.05, 3.63) is 64.8 Å². The fourth-order valence-corrected chi connectivity index (χ4v) is 5.63. The van der Waals surface area contributed by atoms with Gasteiger partial charge in [0.1, 0.15) is 6.04 Å². The van der Waals surface area contributed by atoms with E-state index in [2.05, 4.69) is 5.73 Å². The van der Waals surface area contributed by atoms with E-state index in [-0.39, 0.29) is 4.90 Å². The van der Waals surface area contributed by atoms with Crippen molar-refractivity contribution in [2.75, 3.05) is 0 Å². The summed E-state index contributed by atoms with van der Waals surface area (Å²) < 4.78 is 28.4. The van der Waals surface area contributed by atoms with Crippen LogP contribution in [0.15, 0.2) is 47.5 Å². The number of aliphatic carboxylic acids is 1. The fraction of sp³-hybridized carbons (Fsp3) is 0.286. The summed E-state index contributed by atoms with van der Waals surface area (Å²) >= 11 is 0. The van der Waals surface area contributed by atoms with Crippen LogP contribution in [0.25, 0.3) is 10.9 Å². The van der Waals surface area contributed by atoms with Crippen LogP contribution >= 0.6 is 0 Å². The lowest BCUT2D eigenvalue weighted by molar-refractivity contribution is -0.441. The van der Waals surface area contributed by atoms with Crippen LogP contribution in [0.3, 0.4) is 0 Å². The molecule has 148 valence electrons. The number of benzene rings is 2. The van der Waals surface area contributed by atoms with Gasteiger partial charge in [0.05, 0.1) is 16.4 Å². The van der Waals surface area contributed by atoms with Crippen LogP contribution < -0.4 is 10.8 Å². The van der Waals surface area contributed by atoms with E-state index in [1.54, 1.807) is 45.0 Å². The molecule has 0 aliphatic rings. The van der Waals surface area contributed by atoms with E-state index in [0.717, 1.165) is 5.56 Å². The predicted octanol–water partition coefficient (Wildman–Crippen LogP) is 1.27. The summed E-state index contributed by atoms with van der Waals surface area (Å²) in [5.74, 6) is -1.77. The van der Waals surface area contributed by atoms with Gasteiger partial charge in [0.25, 0.3) is 10.0 Å². The molecular weight excluding hydrogens is 376 g/mol. The molecule has 0 radical (unpaired) electrons. The lowest BCUT2D eigenvalue weighted by Gasteiger charge is -2.17. The van der Waals surface area contributed by atoms with Crippen LogP contribution in [0, 0.1) is 20.8 Å². The van der Waals surface area contributed by atoms with Crippen molar-refractivity contribution in [3.63, 3.8) is 0 Å². The molecule has 28 heavy (non-hydrogen) atoms. The second kappa shape index (κ2) is 7.07. The number of aromatic nitrogens is 1. The second-order valence-electron chi connectivity index (χ2n) is 7.34. The van der Waals surface area contributed by atoms with Gasteiger partial charge in [0.15, 0.2) is 0 Å². The van der Waals surface area contributed by atoms with Crippen LogP contribution in [-0.4, -0.2) is 24.4 Å². The molecule has 3 N–H and O–H groups in total. The molecule has 0 saturated heterocycles. The monoisotopic (exact) mass is 400 g/mol. The topological polar surface area (TPSA) is 107 Å². The maximum Gasteiger partial charge on any atom is 0.268 e. The normalized spacial score (nSPS) is 14.2. The van der Waals surface area contributed by atoms with Crippen molar-refractivity contribution in [3.8, 4) is 0 Å². The standard InChI is InChI=1S/C21H24N2O4S/c1-12-9-13(2)20(14(3)10-12)28(26,27)23-11-17(15(4)19(22)21(24)25)16-7-5-6-8-18(16)23/h5-11,15,19H,22H2,1-4H3,(H,24,25)/t15-,19-/m1/s1. The molecule has 7 heteroatoms. The van der Waals surface area contributed by atoms with Crippen LogP contribution in [0.4, 0.5) is 0 Å². The van der Waals surface area contributed by atoms with Crippen LogP contribution in [-0.2, 0) is 14.8 Å². The minimum Gasteiger partial charge on any atom is -0.544 e. The SMILES string of the molecule is Cc1cc(C)c(S(=O)(=O)n2cc([C@@H](C)[C@@H]([NH3+])C(=O)[O-])c3ccccc32)c(C)c1. The summed E-state index contributed by atoms with van der Waals surface area (Å²) in [7, 11) is -3.87. The van der Waals surface area contributed by atoms with Crippen molar-refractivity contribution in [1.82, 2.24) is 3.97 Å². The lowest BCUT2D eigenvalue weighted by Crippen LogP contribution is -2.70. The molecule has 2 aromatic carbocycles. The van der Waals surface area contributed by atoms with Gasteiger partial charge in [0.2, 0.25) is 0 Å². The summed E-state index contributed by atoms with van der Waals surface area (Å²) in [5, 5.41) is 12.0. The Labute approximate surface area is 164 Å². The average molecular weight is 401 g/mol. The van der Waals surface area contributed by atoms with Gasteiger partial charge in [-0.3, -0.25) is 0 Å². The van der Waals surface area contributed by atoms with Crippen LogP contribution in [0.1, 0.15) is 35.1 Å². The summed E-state index contributed by atoms with van der Waals surface area (Å²) in [5.41, 5.74) is 7.14. The van der Waals surface area contributed by atoms with E-state index in [1.807, 2.05) is 19.1 Å². The number of aryl methyl sites for hydroxylation is 3. The highest BCUT2D eigenvalue weighted by Crippen LogP contribution is 2.33. The van der Waals surface area contributed by atoms with Gasteiger partial charge in [-0.25, -0.2) is 12.4 Å². The van der Waals surface area contributed by atoms with Gasteiger partial charge in [-0.2, -0.15) is 0 Å². The Morgan fingerprint density at radius 3 is 2.25 bits per heavy atom. The summed E-state index contributed by atoms with van der Waals surface area (Å²) in [6.45, 7) is 7.21. The van der Waals surface area contributed by atoms with Crippen molar-refractivity contribution in [2.45, 2.75) is 44.6 Å². The first-order chi connectivity index (χ1) is 13.1. The highest BCUT2D eigenvalue weighted by molar-refractivity contribution is 7.90. The number of fused-ring (bicyclic) bond motifs is 1. The number of rotatable bonds is 5. The third kappa shape index (κ3) is 3.21. The fourth-order valence-electron chi connectivity index (χ4n) is 3.83. The first-order valence-electron chi connectivity index (χ1n) is 9.03. The molecule has 0 saturated carbocycles. The number of carboxylic acids is 1. The number of quaternary nitrogens is 1. The minimum atomic E-state index is -3.87. The molecule has 0 bridgehead atoms. The maximum absolute atomic E-state index is 13.6. The van der Waals surface area contributed by atoms with E-state index < -0.39 is 28.0 Å². The summed E-state index contributed by atoms with van der Waals surface area (Å²) in [6.07, 6.45) is 1.52. The van der Waals surface area contributed by atoms with E-state index in [0.29, 0.717) is 27.6 Å². The average Bonchev–Trinajstić information content (AvgIpc) is 2.99. The van der Waals surface area contributed by atoms with Crippen molar-refractivity contribution < 1.29 is 24.1 Å². The number of nitrogens with zero attached hydrogens (tertiary/aromatic N) is 1. The molecule has 2 atom stereocenters. The van der Waals surface area contributed by atoms with Gasteiger partial charge in [0, 0.05) is 17.5 Å². The van der Waals surface area contributed by atoms with Gasteiger partial charge < -0.3 is 15.6 Å². The molecule has 0 aliphatic carbocycles. The van der Waals surface area contributed by atoms with Crippen molar-refractivity contribution in [2.24, 2.45) is 0 Å². The number of para-hydroxylation sites is 1. The molecule has 6 nitrogen and oxygen atoms in total. The third-order valence-electron chi connectivity index (χ3n) is 5.23. The summed E-state index contributed by atoms with van der Waals surface area (Å²) in [6, 6.07) is 9.77. The van der Waals surface area contributed by atoms with Crippen LogP contribution in [0.2, 0.25) is 0 Å². The Hall–Kier alpha value is -2.64. The van der Waals surface area contributed by atoms with Crippen LogP contribution in [0.5, 0.6) is 0 Å². The van der Waals surface area contributed by atoms with Gasteiger partial charge in [-0.15, -0.1) is 0 Å². The Morgan fingerprint density at radius 2 is 1.68 bits per heavy atom. The number of carbonyl (C=O) groups excluding carboxylic acids is 1. The molecule has 0 fully saturated rings. The largest absolute Gasteiger partial charge is 0.544 e. The van der Waals surface area contributed by atoms with Gasteiger partial charge in [-0.05, 0) is 43.5 Å².